The summed E-state index contributed by atoms with van der Waals surface area (Å²) in [6.07, 6.45) is -0.825. The summed E-state index contributed by atoms with van der Waals surface area (Å²) in [4.78, 5) is 0.0845. The molecule has 0 saturated carbocycles. The molecular weight excluding hydrogens is 264 g/mol. The Morgan fingerprint density at radius 3 is 2.32 bits per heavy atom. The lowest BCUT2D eigenvalue weighted by molar-refractivity contribution is 0.111. The summed E-state index contributed by atoms with van der Waals surface area (Å²) in [5, 5.41) is 9.63. The van der Waals surface area contributed by atoms with Crippen molar-refractivity contribution in [2.45, 2.75) is 51.2 Å². The first kappa shape index (κ1) is 15.9. The average molecular weight is 286 g/mol. The summed E-state index contributed by atoms with van der Waals surface area (Å²) in [7, 11) is -3.78. The van der Waals surface area contributed by atoms with Crippen molar-refractivity contribution in [2.75, 3.05) is 5.73 Å². The largest absolute Gasteiger partial charge is 0.398 e. The lowest BCUT2D eigenvalue weighted by Crippen LogP contribution is -2.51. The Kier molecular flexibility index (Phi) is 4.29. The zero-order valence-corrected chi connectivity index (χ0v) is 12.8. The Labute approximate surface area is 114 Å². The molecule has 0 spiro atoms. The van der Waals surface area contributed by atoms with Crippen molar-refractivity contribution in [3.8, 4) is 0 Å². The molecule has 1 unspecified atom stereocenters. The number of nitrogens with two attached hydrogens (primary N) is 1. The second-order valence-electron chi connectivity index (χ2n) is 5.43. The van der Waals surface area contributed by atoms with Crippen molar-refractivity contribution in [1.29, 1.82) is 0 Å². The summed E-state index contributed by atoms with van der Waals surface area (Å²) in [5.74, 6) is 0. The Morgan fingerprint density at radius 1 is 1.32 bits per heavy atom. The van der Waals surface area contributed by atoms with Crippen LogP contribution in [-0.2, 0) is 10.0 Å². The van der Waals surface area contributed by atoms with Crippen molar-refractivity contribution >= 4 is 15.7 Å². The SMILES string of the molecule is Cc1ccc(N)c(S(=O)(=O)NC(C)(C)C(C)O)c1C. The van der Waals surface area contributed by atoms with E-state index in [0.717, 1.165) is 5.56 Å². The number of hydrogen-bond donors (Lipinski definition) is 3. The fraction of sp³-hybridized carbons (Fsp3) is 0.538. The van der Waals surface area contributed by atoms with E-state index < -0.39 is 21.7 Å². The molecule has 0 heterocycles. The molecule has 0 saturated heterocycles. The number of hydrogen-bond acceptors (Lipinski definition) is 4. The molecule has 1 aromatic rings. The molecule has 0 amide bonds. The predicted molar refractivity (Wildman–Crippen MR) is 76.4 cm³/mol. The minimum Gasteiger partial charge on any atom is -0.398 e. The fourth-order valence-electron chi connectivity index (χ4n) is 1.65. The van der Waals surface area contributed by atoms with Crippen LogP contribution in [-0.4, -0.2) is 25.2 Å². The van der Waals surface area contributed by atoms with Gasteiger partial charge in [-0.1, -0.05) is 6.07 Å². The summed E-state index contributed by atoms with van der Waals surface area (Å²) in [5.41, 5.74) is 6.50. The van der Waals surface area contributed by atoms with Gasteiger partial charge in [-0.25, -0.2) is 13.1 Å². The van der Waals surface area contributed by atoms with Gasteiger partial charge in [-0.05, 0) is 51.8 Å². The van der Waals surface area contributed by atoms with Gasteiger partial charge in [-0.2, -0.15) is 0 Å². The molecule has 0 aliphatic heterocycles. The number of rotatable bonds is 4. The van der Waals surface area contributed by atoms with Gasteiger partial charge in [0, 0.05) is 0 Å². The number of nitrogen functional groups attached to an aromatic ring is 1. The van der Waals surface area contributed by atoms with Gasteiger partial charge in [0.15, 0.2) is 0 Å². The lowest BCUT2D eigenvalue weighted by Gasteiger charge is -2.29. The monoisotopic (exact) mass is 286 g/mol. The van der Waals surface area contributed by atoms with Crippen LogP contribution in [0.25, 0.3) is 0 Å². The van der Waals surface area contributed by atoms with E-state index in [9.17, 15) is 13.5 Å². The molecule has 1 rings (SSSR count). The molecule has 6 heteroatoms. The first-order chi connectivity index (χ1) is 8.49. The van der Waals surface area contributed by atoms with Crippen LogP contribution in [0.2, 0.25) is 0 Å². The number of nitrogens with one attached hydrogen (secondary N) is 1. The van der Waals surface area contributed by atoms with E-state index in [1.165, 1.54) is 6.92 Å². The van der Waals surface area contributed by atoms with Crippen LogP contribution >= 0.6 is 0 Å². The van der Waals surface area contributed by atoms with Gasteiger partial charge in [-0.15, -0.1) is 0 Å². The third-order valence-electron chi connectivity index (χ3n) is 3.42. The maximum atomic E-state index is 12.4. The van der Waals surface area contributed by atoms with Crippen LogP contribution in [0.4, 0.5) is 5.69 Å². The highest BCUT2D eigenvalue weighted by molar-refractivity contribution is 7.89. The van der Waals surface area contributed by atoms with Crippen molar-refractivity contribution < 1.29 is 13.5 Å². The van der Waals surface area contributed by atoms with E-state index in [-0.39, 0.29) is 10.6 Å². The van der Waals surface area contributed by atoms with Crippen molar-refractivity contribution in [3.05, 3.63) is 23.3 Å². The van der Waals surface area contributed by atoms with E-state index >= 15 is 0 Å². The molecule has 0 aliphatic carbocycles. The van der Waals surface area contributed by atoms with Crippen LogP contribution in [0.1, 0.15) is 31.9 Å². The fourth-order valence-corrected chi connectivity index (χ4v) is 3.56. The quantitative estimate of drug-likeness (QED) is 0.728. The van der Waals surface area contributed by atoms with E-state index in [0.29, 0.717) is 5.56 Å². The highest BCUT2D eigenvalue weighted by Gasteiger charge is 2.32. The molecule has 1 atom stereocenters. The number of anilines is 1. The maximum Gasteiger partial charge on any atom is 0.243 e. The predicted octanol–water partition coefficient (Wildman–Crippen LogP) is 1.32. The minimum absolute atomic E-state index is 0.0845. The normalized spacial score (nSPS) is 14.4. The van der Waals surface area contributed by atoms with E-state index in [1.807, 2.05) is 6.92 Å². The number of aryl methyl sites for hydroxylation is 1. The molecule has 5 nitrogen and oxygen atoms in total. The molecule has 108 valence electrons. The molecular formula is C13H22N2O3S. The third kappa shape index (κ3) is 3.26. The molecule has 0 fully saturated rings. The molecule has 4 N–H and O–H groups in total. The Balaban J connectivity index is 3.34. The van der Waals surface area contributed by atoms with Crippen LogP contribution in [0.5, 0.6) is 0 Å². The lowest BCUT2D eigenvalue weighted by atomic mass is 10.0. The average Bonchev–Trinajstić information content (AvgIpc) is 2.22. The first-order valence-corrected chi connectivity index (χ1v) is 7.55. The van der Waals surface area contributed by atoms with Crippen LogP contribution in [0.3, 0.4) is 0 Å². The van der Waals surface area contributed by atoms with E-state index in [4.69, 9.17) is 5.73 Å². The van der Waals surface area contributed by atoms with Crippen LogP contribution in [0.15, 0.2) is 17.0 Å². The molecule has 0 radical (unpaired) electrons. The summed E-state index contributed by atoms with van der Waals surface area (Å²) >= 11 is 0. The zero-order valence-electron chi connectivity index (χ0n) is 12.0. The second kappa shape index (κ2) is 5.11. The molecule has 0 aromatic heterocycles. The molecule has 19 heavy (non-hydrogen) atoms. The topological polar surface area (TPSA) is 92.4 Å². The number of sulfonamides is 1. The number of aliphatic hydroxyl groups excluding tert-OH is 1. The summed E-state index contributed by atoms with van der Waals surface area (Å²) in [6, 6.07) is 3.36. The Hall–Kier alpha value is -1.11. The van der Waals surface area contributed by atoms with Gasteiger partial charge in [0.05, 0.1) is 17.3 Å². The zero-order chi connectivity index (χ0) is 15.0. The second-order valence-corrected chi connectivity index (χ2v) is 7.05. The minimum atomic E-state index is -3.78. The van der Waals surface area contributed by atoms with Gasteiger partial charge in [0.1, 0.15) is 4.90 Å². The smallest absolute Gasteiger partial charge is 0.243 e. The first-order valence-electron chi connectivity index (χ1n) is 6.07. The van der Waals surface area contributed by atoms with E-state index in [1.54, 1.807) is 32.9 Å². The summed E-state index contributed by atoms with van der Waals surface area (Å²) in [6.45, 7) is 8.32. The summed E-state index contributed by atoms with van der Waals surface area (Å²) < 4.78 is 27.4. The van der Waals surface area contributed by atoms with Gasteiger partial charge < -0.3 is 10.8 Å². The van der Waals surface area contributed by atoms with Crippen LogP contribution in [0, 0.1) is 13.8 Å². The van der Waals surface area contributed by atoms with Crippen molar-refractivity contribution in [1.82, 2.24) is 4.72 Å². The maximum absolute atomic E-state index is 12.4. The number of benzene rings is 1. The van der Waals surface area contributed by atoms with Crippen LogP contribution < -0.4 is 10.5 Å². The van der Waals surface area contributed by atoms with Gasteiger partial charge >= 0.3 is 0 Å². The third-order valence-corrected chi connectivity index (χ3v) is 5.29. The molecule has 1 aromatic carbocycles. The number of aliphatic hydroxyl groups is 1. The Bertz CT molecular complexity index is 578. The van der Waals surface area contributed by atoms with E-state index in [2.05, 4.69) is 4.72 Å². The van der Waals surface area contributed by atoms with Gasteiger partial charge in [0.2, 0.25) is 10.0 Å². The van der Waals surface area contributed by atoms with Gasteiger partial charge in [-0.3, -0.25) is 0 Å². The van der Waals surface area contributed by atoms with Gasteiger partial charge in [0.25, 0.3) is 0 Å². The standard InChI is InChI=1S/C13H22N2O3S/c1-8-6-7-11(14)12(9(8)2)19(17,18)15-13(4,5)10(3)16/h6-7,10,15-16H,14H2,1-5H3. The molecule has 0 aliphatic rings. The Morgan fingerprint density at radius 2 is 1.84 bits per heavy atom. The van der Waals surface area contributed by atoms with Crippen molar-refractivity contribution in [3.63, 3.8) is 0 Å². The van der Waals surface area contributed by atoms with Crippen molar-refractivity contribution in [2.24, 2.45) is 0 Å². The highest BCUT2D eigenvalue weighted by atomic mass is 32.2. The molecule has 0 bridgehead atoms. The highest BCUT2D eigenvalue weighted by Crippen LogP contribution is 2.26.